The second-order valence-corrected chi connectivity index (χ2v) is 5.12. The fraction of sp³-hybridized carbons (Fsp3) is 0.111. The van der Waals surface area contributed by atoms with Gasteiger partial charge >= 0.3 is 5.97 Å². The summed E-state index contributed by atoms with van der Waals surface area (Å²) in [5.41, 5.74) is 6.07. The summed E-state index contributed by atoms with van der Waals surface area (Å²) in [5, 5.41) is 12.9. The van der Waals surface area contributed by atoms with E-state index in [1.54, 1.807) is 18.3 Å². The van der Waals surface area contributed by atoms with Crippen LogP contribution in [-0.4, -0.2) is 31.4 Å². The number of allylic oxidation sites excluding steroid dienone is 1. The third-order valence-corrected chi connectivity index (χ3v) is 3.18. The zero-order valence-corrected chi connectivity index (χ0v) is 13.1. The maximum Gasteiger partial charge on any atom is 0.335 e. The van der Waals surface area contributed by atoms with Crippen LogP contribution >= 0.6 is 0 Å². The molecule has 0 saturated carbocycles. The van der Waals surface area contributed by atoms with E-state index < -0.39 is 5.97 Å². The Kier molecular flexibility index (Phi) is 5.52. The van der Waals surface area contributed by atoms with Crippen molar-refractivity contribution in [3.63, 3.8) is 0 Å². The topological polar surface area (TPSA) is 64.9 Å². The minimum Gasteiger partial charge on any atom is -0.478 e. The molecular weight excluding hydrogens is 290 g/mol. The van der Waals surface area contributed by atoms with Crippen molar-refractivity contribution in [1.82, 2.24) is 0 Å². The minimum atomic E-state index is -0.941. The fourth-order valence-corrected chi connectivity index (χ4v) is 1.88. The van der Waals surface area contributed by atoms with Gasteiger partial charge in [0, 0.05) is 26.0 Å². The van der Waals surface area contributed by atoms with Crippen LogP contribution in [0.3, 0.4) is 0 Å². The Bertz CT molecular complexity index is 702. The van der Waals surface area contributed by atoms with Crippen LogP contribution in [0.2, 0.25) is 0 Å². The Morgan fingerprint density at radius 1 is 1.09 bits per heavy atom. The second-order valence-electron chi connectivity index (χ2n) is 5.12. The van der Waals surface area contributed by atoms with E-state index in [0.29, 0.717) is 0 Å². The average molecular weight is 309 g/mol. The largest absolute Gasteiger partial charge is 0.478 e. The van der Waals surface area contributed by atoms with Gasteiger partial charge in [-0.1, -0.05) is 18.2 Å². The predicted octanol–water partition coefficient (Wildman–Crippen LogP) is 3.56. The van der Waals surface area contributed by atoms with E-state index in [1.807, 2.05) is 38.4 Å². The molecule has 2 aromatic rings. The number of hydrazone groups is 1. The lowest BCUT2D eigenvalue weighted by Gasteiger charge is -2.11. The molecule has 118 valence electrons. The van der Waals surface area contributed by atoms with Crippen molar-refractivity contribution in [3.05, 3.63) is 65.7 Å². The number of hydrogen-bond donors (Lipinski definition) is 2. The first-order valence-corrected chi connectivity index (χ1v) is 7.13. The van der Waals surface area contributed by atoms with Crippen LogP contribution in [0.4, 0.5) is 11.4 Å². The molecule has 5 heteroatoms. The van der Waals surface area contributed by atoms with Crippen molar-refractivity contribution >= 4 is 29.6 Å². The molecule has 0 radical (unpaired) electrons. The Labute approximate surface area is 135 Å². The van der Waals surface area contributed by atoms with Crippen molar-refractivity contribution < 1.29 is 9.90 Å². The van der Waals surface area contributed by atoms with Gasteiger partial charge in [0.1, 0.15) is 0 Å². The number of benzene rings is 2. The third-order valence-electron chi connectivity index (χ3n) is 3.18. The standard InChI is InChI=1S/C18H19N3O2/c1-21(2)17-11-5-14(6-12-17)4-3-13-19-20-16-9-7-15(8-10-16)18(22)23/h3-13,20H,1-2H3,(H,22,23)/b4-3+,19-13+. The van der Waals surface area contributed by atoms with Gasteiger partial charge in [-0.3, -0.25) is 5.43 Å². The summed E-state index contributed by atoms with van der Waals surface area (Å²) in [7, 11) is 4.01. The van der Waals surface area contributed by atoms with Crippen LogP contribution in [0.1, 0.15) is 15.9 Å². The van der Waals surface area contributed by atoms with Gasteiger partial charge in [-0.15, -0.1) is 0 Å². The van der Waals surface area contributed by atoms with Crippen molar-refractivity contribution in [2.45, 2.75) is 0 Å². The first-order valence-electron chi connectivity index (χ1n) is 7.13. The molecular formula is C18H19N3O2. The van der Waals surface area contributed by atoms with Crippen molar-refractivity contribution in [2.75, 3.05) is 24.4 Å². The van der Waals surface area contributed by atoms with Crippen LogP contribution in [0.15, 0.2) is 59.7 Å². The number of carbonyl (C=O) groups is 1. The second kappa shape index (κ2) is 7.79. The van der Waals surface area contributed by atoms with E-state index in [2.05, 4.69) is 27.6 Å². The predicted molar refractivity (Wildman–Crippen MR) is 95.3 cm³/mol. The molecule has 2 rings (SSSR count). The molecule has 0 bridgehead atoms. The minimum absolute atomic E-state index is 0.251. The zero-order valence-electron chi connectivity index (χ0n) is 13.1. The van der Waals surface area contributed by atoms with E-state index in [-0.39, 0.29) is 5.56 Å². The SMILES string of the molecule is CN(C)c1ccc(/C=C/C=N/Nc2ccc(C(=O)O)cc2)cc1. The van der Waals surface area contributed by atoms with Gasteiger partial charge in [0.15, 0.2) is 0 Å². The van der Waals surface area contributed by atoms with E-state index in [1.165, 1.54) is 12.1 Å². The normalized spacial score (nSPS) is 11.0. The summed E-state index contributed by atoms with van der Waals surface area (Å²) in [6.45, 7) is 0. The number of carboxylic acids is 1. The molecule has 0 fully saturated rings. The summed E-state index contributed by atoms with van der Waals surface area (Å²) in [4.78, 5) is 12.8. The highest BCUT2D eigenvalue weighted by molar-refractivity contribution is 5.88. The van der Waals surface area contributed by atoms with Gasteiger partial charge in [-0.2, -0.15) is 5.10 Å². The number of hydrogen-bond acceptors (Lipinski definition) is 4. The molecule has 0 spiro atoms. The van der Waals surface area contributed by atoms with Crippen molar-refractivity contribution in [1.29, 1.82) is 0 Å². The summed E-state index contributed by atoms with van der Waals surface area (Å²) < 4.78 is 0. The Hall–Kier alpha value is -3.08. The zero-order chi connectivity index (χ0) is 16.7. The maximum atomic E-state index is 10.7. The number of anilines is 2. The summed E-state index contributed by atoms with van der Waals surface area (Å²) >= 11 is 0. The van der Waals surface area contributed by atoms with Crippen LogP contribution in [0.5, 0.6) is 0 Å². The molecule has 0 aliphatic rings. The molecule has 0 unspecified atom stereocenters. The molecule has 0 aromatic heterocycles. The number of nitrogens with one attached hydrogen (secondary N) is 1. The van der Waals surface area contributed by atoms with E-state index in [4.69, 9.17) is 5.11 Å². The Balaban J connectivity index is 1.87. The third kappa shape index (κ3) is 5.00. The van der Waals surface area contributed by atoms with Crippen LogP contribution in [-0.2, 0) is 0 Å². The Morgan fingerprint density at radius 3 is 2.30 bits per heavy atom. The highest BCUT2D eigenvalue weighted by Gasteiger charge is 2.00. The molecule has 0 atom stereocenters. The lowest BCUT2D eigenvalue weighted by molar-refractivity contribution is 0.0697. The van der Waals surface area contributed by atoms with Crippen molar-refractivity contribution in [3.8, 4) is 0 Å². The van der Waals surface area contributed by atoms with Gasteiger partial charge in [0.2, 0.25) is 0 Å². The molecule has 0 aliphatic heterocycles. The smallest absolute Gasteiger partial charge is 0.335 e. The summed E-state index contributed by atoms with van der Waals surface area (Å²) in [6.07, 6.45) is 5.44. The number of carboxylic acid groups (broad SMARTS) is 1. The van der Waals surface area contributed by atoms with Gasteiger partial charge in [-0.05, 0) is 48.0 Å². The van der Waals surface area contributed by atoms with Crippen molar-refractivity contribution in [2.24, 2.45) is 5.10 Å². The number of nitrogens with zero attached hydrogens (tertiary/aromatic N) is 2. The molecule has 0 aliphatic carbocycles. The highest BCUT2D eigenvalue weighted by Crippen LogP contribution is 2.13. The highest BCUT2D eigenvalue weighted by atomic mass is 16.4. The van der Waals surface area contributed by atoms with Gasteiger partial charge in [0.25, 0.3) is 0 Å². The molecule has 0 saturated heterocycles. The first kappa shape index (κ1) is 16.3. The lowest BCUT2D eigenvalue weighted by atomic mass is 10.2. The molecule has 2 aromatic carbocycles. The average Bonchev–Trinajstić information content (AvgIpc) is 2.55. The monoisotopic (exact) mass is 309 g/mol. The van der Waals surface area contributed by atoms with Crippen LogP contribution in [0.25, 0.3) is 6.08 Å². The lowest BCUT2D eigenvalue weighted by Crippen LogP contribution is -2.07. The number of aromatic carboxylic acids is 1. The quantitative estimate of drug-likeness (QED) is 0.632. The fourth-order valence-electron chi connectivity index (χ4n) is 1.88. The first-order chi connectivity index (χ1) is 11.1. The van der Waals surface area contributed by atoms with Gasteiger partial charge < -0.3 is 10.0 Å². The molecule has 2 N–H and O–H groups in total. The molecule has 5 nitrogen and oxygen atoms in total. The molecule has 0 heterocycles. The van der Waals surface area contributed by atoms with Crippen LogP contribution < -0.4 is 10.3 Å². The Morgan fingerprint density at radius 2 is 1.74 bits per heavy atom. The number of rotatable bonds is 6. The van der Waals surface area contributed by atoms with Crippen LogP contribution in [0, 0.1) is 0 Å². The molecule has 23 heavy (non-hydrogen) atoms. The molecule has 0 amide bonds. The van der Waals surface area contributed by atoms with E-state index >= 15 is 0 Å². The summed E-state index contributed by atoms with van der Waals surface area (Å²) in [5.74, 6) is -0.941. The van der Waals surface area contributed by atoms with Gasteiger partial charge in [-0.25, -0.2) is 4.79 Å². The summed E-state index contributed by atoms with van der Waals surface area (Å²) in [6, 6.07) is 14.6. The van der Waals surface area contributed by atoms with E-state index in [0.717, 1.165) is 16.9 Å². The van der Waals surface area contributed by atoms with Gasteiger partial charge in [0.05, 0.1) is 11.3 Å². The maximum absolute atomic E-state index is 10.7. The van der Waals surface area contributed by atoms with E-state index in [9.17, 15) is 4.79 Å².